The number of aromatic amines is 1. The Hall–Kier alpha value is -2.41. The standard InChI is InChI=1S/C16H16N2O4S/c1-4-21-16(20)11-8(2)22-15-13(14(19)17-9(3)18-15)12(11)10-6-5-7-23-10/h5-7,12H,4H2,1-3H3,(H,17,18,19)/t12-/m0/s1. The van der Waals surface area contributed by atoms with Crippen molar-refractivity contribution in [3.63, 3.8) is 0 Å². The van der Waals surface area contributed by atoms with Crippen molar-refractivity contribution in [1.82, 2.24) is 9.97 Å². The molecular weight excluding hydrogens is 316 g/mol. The Morgan fingerprint density at radius 3 is 2.91 bits per heavy atom. The van der Waals surface area contributed by atoms with Gasteiger partial charge < -0.3 is 14.5 Å². The first-order valence-corrected chi connectivity index (χ1v) is 8.10. The number of ether oxygens (including phenoxy) is 2. The number of H-pyrrole nitrogens is 1. The van der Waals surface area contributed by atoms with Gasteiger partial charge in [-0.15, -0.1) is 11.3 Å². The lowest BCUT2D eigenvalue weighted by atomic mass is 9.88. The smallest absolute Gasteiger partial charge is 0.338 e. The van der Waals surface area contributed by atoms with Crippen LogP contribution in [0, 0.1) is 6.92 Å². The van der Waals surface area contributed by atoms with Crippen LogP contribution in [0.2, 0.25) is 0 Å². The van der Waals surface area contributed by atoms with Gasteiger partial charge in [0, 0.05) is 4.88 Å². The fraction of sp³-hybridized carbons (Fsp3) is 0.312. The molecule has 1 aliphatic heterocycles. The van der Waals surface area contributed by atoms with Gasteiger partial charge in [0.1, 0.15) is 11.6 Å². The molecule has 7 heteroatoms. The summed E-state index contributed by atoms with van der Waals surface area (Å²) in [6.45, 7) is 5.37. The van der Waals surface area contributed by atoms with Crippen LogP contribution in [0.3, 0.4) is 0 Å². The van der Waals surface area contributed by atoms with E-state index in [1.807, 2.05) is 17.5 Å². The van der Waals surface area contributed by atoms with Crippen molar-refractivity contribution in [2.45, 2.75) is 26.7 Å². The minimum Gasteiger partial charge on any atom is -0.463 e. The first-order chi connectivity index (χ1) is 11.0. The van der Waals surface area contributed by atoms with Crippen LogP contribution in [0.25, 0.3) is 0 Å². The van der Waals surface area contributed by atoms with Gasteiger partial charge in [0.2, 0.25) is 5.88 Å². The summed E-state index contributed by atoms with van der Waals surface area (Å²) in [5.74, 6) is 0.108. The Morgan fingerprint density at radius 1 is 1.48 bits per heavy atom. The maximum Gasteiger partial charge on any atom is 0.338 e. The van der Waals surface area contributed by atoms with Crippen LogP contribution in [0.15, 0.2) is 33.6 Å². The largest absolute Gasteiger partial charge is 0.463 e. The number of thiophene rings is 1. The number of aryl methyl sites for hydroxylation is 1. The molecule has 1 N–H and O–H groups in total. The Labute approximate surface area is 136 Å². The predicted molar refractivity (Wildman–Crippen MR) is 85.7 cm³/mol. The summed E-state index contributed by atoms with van der Waals surface area (Å²) in [5.41, 5.74) is 0.379. The first-order valence-electron chi connectivity index (χ1n) is 7.22. The Bertz CT molecular complexity index is 836. The van der Waals surface area contributed by atoms with Crippen LogP contribution in [-0.4, -0.2) is 22.5 Å². The molecular formula is C16H16N2O4S. The number of nitrogens with zero attached hydrogens (tertiary/aromatic N) is 1. The summed E-state index contributed by atoms with van der Waals surface area (Å²) in [6, 6.07) is 3.76. The summed E-state index contributed by atoms with van der Waals surface area (Å²) in [5, 5.41) is 1.90. The van der Waals surface area contributed by atoms with Gasteiger partial charge in [0.05, 0.1) is 23.7 Å². The predicted octanol–water partition coefficient (Wildman–Crippen LogP) is 2.50. The van der Waals surface area contributed by atoms with Crippen molar-refractivity contribution in [3.8, 4) is 5.88 Å². The minimum atomic E-state index is -0.533. The molecule has 0 bridgehead atoms. The van der Waals surface area contributed by atoms with Crippen LogP contribution < -0.4 is 10.3 Å². The van der Waals surface area contributed by atoms with E-state index < -0.39 is 11.9 Å². The molecule has 120 valence electrons. The topological polar surface area (TPSA) is 81.3 Å². The molecule has 0 radical (unpaired) electrons. The zero-order valence-corrected chi connectivity index (χ0v) is 13.8. The number of carbonyl (C=O) groups is 1. The average molecular weight is 332 g/mol. The van der Waals surface area contributed by atoms with Crippen molar-refractivity contribution in [3.05, 3.63) is 55.5 Å². The van der Waals surface area contributed by atoms with Crippen LogP contribution >= 0.6 is 11.3 Å². The number of fused-ring (bicyclic) bond motifs is 1. The highest BCUT2D eigenvalue weighted by molar-refractivity contribution is 7.10. The Balaban J connectivity index is 2.24. The highest BCUT2D eigenvalue weighted by atomic mass is 32.1. The average Bonchev–Trinajstić information content (AvgIpc) is 2.99. The van der Waals surface area contributed by atoms with Gasteiger partial charge in [-0.05, 0) is 32.2 Å². The molecule has 0 saturated heterocycles. The summed E-state index contributed by atoms with van der Waals surface area (Å²) in [4.78, 5) is 32.7. The molecule has 0 amide bonds. The third kappa shape index (κ3) is 2.68. The zero-order valence-electron chi connectivity index (χ0n) is 13.0. The zero-order chi connectivity index (χ0) is 16.6. The monoisotopic (exact) mass is 332 g/mol. The number of carbonyl (C=O) groups excluding carboxylic acids is 1. The van der Waals surface area contributed by atoms with Crippen LogP contribution in [0.4, 0.5) is 0 Å². The number of rotatable bonds is 3. The lowest BCUT2D eigenvalue weighted by Gasteiger charge is -2.26. The molecule has 3 rings (SSSR count). The van der Waals surface area contributed by atoms with Crippen molar-refractivity contribution in [2.24, 2.45) is 0 Å². The number of esters is 1. The maximum absolute atomic E-state index is 12.5. The highest BCUT2D eigenvalue weighted by Gasteiger charge is 2.38. The third-order valence-corrected chi connectivity index (χ3v) is 4.51. The number of hydrogen-bond donors (Lipinski definition) is 1. The van der Waals surface area contributed by atoms with Crippen molar-refractivity contribution >= 4 is 17.3 Å². The number of nitrogens with one attached hydrogen (secondary N) is 1. The van der Waals surface area contributed by atoms with E-state index in [9.17, 15) is 9.59 Å². The molecule has 0 fully saturated rings. The van der Waals surface area contributed by atoms with Gasteiger partial charge in [-0.1, -0.05) is 6.07 Å². The molecule has 1 atom stereocenters. The molecule has 23 heavy (non-hydrogen) atoms. The van der Waals surface area contributed by atoms with Crippen molar-refractivity contribution in [1.29, 1.82) is 0 Å². The summed E-state index contributed by atoms with van der Waals surface area (Å²) < 4.78 is 10.8. The van der Waals surface area contributed by atoms with Gasteiger partial charge in [-0.2, -0.15) is 4.98 Å². The van der Waals surface area contributed by atoms with Crippen molar-refractivity contribution in [2.75, 3.05) is 6.61 Å². The number of hydrogen-bond acceptors (Lipinski definition) is 6. The molecule has 2 aromatic rings. The molecule has 6 nitrogen and oxygen atoms in total. The van der Waals surface area contributed by atoms with E-state index in [-0.39, 0.29) is 18.0 Å². The third-order valence-electron chi connectivity index (χ3n) is 3.57. The fourth-order valence-corrected chi connectivity index (χ4v) is 3.50. The van der Waals surface area contributed by atoms with Crippen LogP contribution in [0.5, 0.6) is 5.88 Å². The molecule has 0 aliphatic carbocycles. The molecule has 1 aliphatic rings. The maximum atomic E-state index is 12.5. The highest BCUT2D eigenvalue weighted by Crippen LogP contribution is 2.42. The Kier molecular flexibility index (Phi) is 4.04. The lowest BCUT2D eigenvalue weighted by molar-refractivity contribution is -0.139. The van der Waals surface area contributed by atoms with Gasteiger partial charge in [0.15, 0.2) is 0 Å². The van der Waals surface area contributed by atoms with E-state index in [0.29, 0.717) is 22.7 Å². The summed E-state index contributed by atoms with van der Waals surface area (Å²) in [7, 11) is 0. The van der Waals surface area contributed by atoms with Gasteiger partial charge in [-0.25, -0.2) is 4.79 Å². The SMILES string of the molecule is CCOC(=O)C1=C(C)Oc2nc(C)[nH]c(=O)c2[C@H]1c1cccs1. The van der Waals surface area contributed by atoms with E-state index in [0.717, 1.165) is 4.88 Å². The fourth-order valence-electron chi connectivity index (χ4n) is 2.66. The normalized spacial score (nSPS) is 16.7. The molecule has 0 aromatic carbocycles. The summed E-state index contributed by atoms with van der Waals surface area (Å²) >= 11 is 1.47. The van der Waals surface area contributed by atoms with E-state index >= 15 is 0 Å². The molecule has 0 spiro atoms. The van der Waals surface area contributed by atoms with Crippen LogP contribution in [-0.2, 0) is 9.53 Å². The minimum absolute atomic E-state index is 0.246. The number of aromatic nitrogens is 2. The molecule has 0 unspecified atom stereocenters. The van der Waals surface area contributed by atoms with E-state index in [4.69, 9.17) is 9.47 Å². The molecule has 3 heterocycles. The molecule has 0 saturated carbocycles. The van der Waals surface area contributed by atoms with Crippen molar-refractivity contribution < 1.29 is 14.3 Å². The summed E-state index contributed by atoms with van der Waals surface area (Å²) in [6.07, 6.45) is 0. The van der Waals surface area contributed by atoms with Gasteiger partial charge in [0.25, 0.3) is 5.56 Å². The second-order valence-corrected chi connectivity index (χ2v) is 6.09. The van der Waals surface area contributed by atoms with Gasteiger partial charge >= 0.3 is 5.97 Å². The quantitative estimate of drug-likeness (QED) is 0.874. The molecule has 2 aromatic heterocycles. The Morgan fingerprint density at radius 2 is 2.26 bits per heavy atom. The van der Waals surface area contributed by atoms with E-state index in [2.05, 4.69) is 9.97 Å². The van der Waals surface area contributed by atoms with Crippen LogP contribution in [0.1, 0.15) is 36.0 Å². The second-order valence-electron chi connectivity index (χ2n) is 5.11. The van der Waals surface area contributed by atoms with Gasteiger partial charge in [-0.3, -0.25) is 4.79 Å². The van der Waals surface area contributed by atoms with E-state index in [1.54, 1.807) is 20.8 Å². The van der Waals surface area contributed by atoms with E-state index in [1.165, 1.54) is 11.3 Å². The number of allylic oxidation sites excluding steroid dienone is 1. The second kappa shape index (κ2) is 6.00. The lowest BCUT2D eigenvalue weighted by Crippen LogP contribution is -2.29. The first kappa shape index (κ1) is 15.5.